The van der Waals surface area contributed by atoms with E-state index in [0.29, 0.717) is 10.4 Å². The smallest absolute Gasteiger partial charge is 0.205 e. The molecule has 94 valence electrons. The van der Waals surface area contributed by atoms with Gasteiger partial charge in [0.05, 0.1) is 21.1 Å². The molecule has 0 unspecified atom stereocenters. The van der Waals surface area contributed by atoms with Crippen molar-refractivity contribution >= 4 is 28.0 Å². The second kappa shape index (κ2) is 4.55. The molecule has 4 heteroatoms. The average Bonchev–Trinajstić information content (AvgIpc) is 2.76. The van der Waals surface area contributed by atoms with Crippen LogP contribution in [0.25, 0.3) is 10.9 Å². The number of aromatic nitrogens is 2. The van der Waals surface area contributed by atoms with Crippen LogP contribution in [0.5, 0.6) is 0 Å². The Bertz CT molecular complexity index is 771. The van der Waals surface area contributed by atoms with Crippen LogP contribution in [0.15, 0.2) is 36.5 Å². The van der Waals surface area contributed by atoms with Gasteiger partial charge in [0.2, 0.25) is 5.78 Å². The monoisotopic (exact) mass is 268 g/mol. The van der Waals surface area contributed by atoms with Crippen LogP contribution in [-0.2, 0) is 0 Å². The van der Waals surface area contributed by atoms with Crippen LogP contribution in [0.1, 0.15) is 25.9 Å². The van der Waals surface area contributed by atoms with Crippen LogP contribution in [0, 0.1) is 13.8 Å². The van der Waals surface area contributed by atoms with Crippen molar-refractivity contribution in [3.63, 3.8) is 0 Å². The minimum atomic E-state index is 0.0294. The third kappa shape index (κ3) is 2.04. The van der Waals surface area contributed by atoms with E-state index in [-0.39, 0.29) is 5.78 Å². The van der Waals surface area contributed by atoms with Crippen LogP contribution < -0.4 is 0 Å². The molecule has 1 aromatic carbocycles. The molecule has 2 heterocycles. The highest BCUT2D eigenvalue weighted by Crippen LogP contribution is 2.25. The fourth-order valence-electron chi connectivity index (χ4n) is 2.17. The van der Waals surface area contributed by atoms with E-state index in [1.165, 1.54) is 11.3 Å². The average molecular weight is 268 g/mol. The van der Waals surface area contributed by atoms with E-state index in [2.05, 4.69) is 9.97 Å². The Hall–Kier alpha value is -2.07. The molecule has 0 fully saturated rings. The highest BCUT2D eigenvalue weighted by molar-refractivity contribution is 7.14. The van der Waals surface area contributed by atoms with Gasteiger partial charge in [0.1, 0.15) is 0 Å². The molecule has 0 aliphatic heterocycles. The number of pyridine rings is 1. The fraction of sp³-hybridized carbons (Fsp3) is 0.133. The maximum atomic E-state index is 12.6. The number of benzene rings is 1. The molecular weight excluding hydrogens is 256 g/mol. The molecule has 0 aliphatic carbocycles. The van der Waals surface area contributed by atoms with Crippen molar-refractivity contribution in [1.82, 2.24) is 9.97 Å². The van der Waals surface area contributed by atoms with Gasteiger partial charge in [0.25, 0.3) is 0 Å². The lowest BCUT2D eigenvalue weighted by atomic mass is 10.0. The van der Waals surface area contributed by atoms with E-state index in [1.807, 2.05) is 44.2 Å². The third-order valence-corrected chi connectivity index (χ3v) is 4.07. The number of thiazole rings is 1. The lowest BCUT2D eigenvalue weighted by Crippen LogP contribution is -2.02. The van der Waals surface area contributed by atoms with E-state index in [4.69, 9.17) is 0 Å². The fourth-order valence-corrected chi connectivity index (χ4v) is 3.04. The standard InChI is InChI=1S/C15H12N2OS/c1-9-15(19-10(2)17-9)14(18)12-5-3-7-13-11(12)6-4-8-16-13/h3-8H,1-2H3. The lowest BCUT2D eigenvalue weighted by molar-refractivity contribution is 0.104. The molecule has 0 atom stereocenters. The van der Waals surface area contributed by atoms with Gasteiger partial charge in [-0.2, -0.15) is 0 Å². The first-order chi connectivity index (χ1) is 9.16. The predicted octanol–water partition coefficient (Wildman–Crippen LogP) is 3.54. The molecule has 0 N–H and O–H groups in total. The Balaban J connectivity index is 2.19. The summed E-state index contributed by atoms with van der Waals surface area (Å²) in [5.74, 6) is 0.0294. The van der Waals surface area contributed by atoms with Crippen molar-refractivity contribution in [2.24, 2.45) is 0 Å². The molecule has 2 aromatic heterocycles. The molecule has 19 heavy (non-hydrogen) atoms. The molecule has 3 rings (SSSR count). The quantitative estimate of drug-likeness (QED) is 0.668. The van der Waals surface area contributed by atoms with Gasteiger partial charge in [0, 0.05) is 17.1 Å². The normalized spacial score (nSPS) is 10.8. The number of hydrogen-bond acceptors (Lipinski definition) is 4. The molecular formula is C15H12N2OS. The number of ketones is 1. The molecule has 0 saturated heterocycles. The topological polar surface area (TPSA) is 42.9 Å². The van der Waals surface area contributed by atoms with Gasteiger partial charge >= 0.3 is 0 Å². The minimum absolute atomic E-state index is 0.0294. The SMILES string of the molecule is Cc1nc(C)c(C(=O)c2cccc3ncccc23)s1. The van der Waals surface area contributed by atoms with Gasteiger partial charge in [-0.25, -0.2) is 4.98 Å². The van der Waals surface area contributed by atoms with E-state index >= 15 is 0 Å². The van der Waals surface area contributed by atoms with E-state index in [9.17, 15) is 4.79 Å². The highest BCUT2D eigenvalue weighted by Gasteiger charge is 2.17. The second-order valence-electron chi connectivity index (χ2n) is 4.35. The maximum Gasteiger partial charge on any atom is 0.205 e. The molecule has 0 saturated carbocycles. The molecule has 0 radical (unpaired) electrons. The summed E-state index contributed by atoms with van der Waals surface area (Å²) in [5, 5.41) is 1.81. The molecule has 0 bridgehead atoms. The number of carbonyl (C=O) groups is 1. The summed E-state index contributed by atoms with van der Waals surface area (Å²) in [7, 11) is 0. The number of fused-ring (bicyclic) bond motifs is 1. The van der Waals surface area contributed by atoms with Crippen LogP contribution in [-0.4, -0.2) is 15.8 Å². The zero-order valence-electron chi connectivity index (χ0n) is 10.7. The van der Waals surface area contributed by atoms with Crippen LogP contribution in [0.4, 0.5) is 0 Å². The predicted molar refractivity (Wildman–Crippen MR) is 76.8 cm³/mol. The van der Waals surface area contributed by atoms with Gasteiger partial charge in [0.15, 0.2) is 0 Å². The van der Waals surface area contributed by atoms with E-state index in [0.717, 1.165) is 21.6 Å². The number of carbonyl (C=O) groups excluding carboxylic acids is 1. The van der Waals surface area contributed by atoms with Crippen molar-refractivity contribution in [2.75, 3.05) is 0 Å². The third-order valence-electron chi connectivity index (χ3n) is 3.00. The van der Waals surface area contributed by atoms with Crippen LogP contribution >= 0.6 is 11.3 Å². The largest absolute Gasteiger partial charge is 0.288 e. The Kier molecular flexibility index (Phi) is 2.87. The summed E-state index contributed by atoms with van der Waals surface area (Å²) < 4.78 is 0. The number of rotatable bonds is 2. The number of nitrogens with zero attached hydrogens (tertiary/aromatic N) is 2. The van der Waals surface area contributed by atoms with Gasteiger partial charge in [-0.15, -0.1) is 11.3 Å². The Morgan fingerprint density at radius 1 is 1.16 bits per heavy atom. The first-order valence-corrected chi connectivity index (χ1v) is 6.81. The summed E-state index contributed by atoms with van der Waals surface area (Å²) in [6.07, 6.45) is 1.73. The molecule has 0 spiro atoms. The minimum Gasteiger partial charge on any atom is -0.288 e. The van der Waals surface area contributed by atoms with Gasteiger partial charge < -0.3 is 0 Å². The zero-order valence-corrected chi connectivity index (χ0v) is 11.5. The van der Waals surface area contributed by atoms with Gasteiger partial charge in [-0.05, 0) is 26.0 Å². The first-order valence-electron chi connectivity index (χ1n) is 5.99. The Labute approximate surface area is 115 Å². The van der Waals surface area contributed by atoms with E-state index in [1.54, 1.807) is 6.20 Å². The Morgan fingerprint density at radius 3 is 2.74 bits per heavy atom. The first kappa shape index (κ1) is 12.0. The molecule has 3 nitrogen and oxygen atoms in total. The number of aryl methyl sites for hydroxylation is 2. The van der Waals surface area contributed by atoms with Crippen LogP contribution in [0.3, 0.4) is 0 Å². The highest BCUT2D eigenvalue weighted by atomic mass is 32.1. The second-order valence-corrected chi connectivity index (χ2v) is 5.56. The summed E-state index contributed by atoms with van der Waals surface area (Å²) in [6, 6.07) is 9.41. The molecule has 0 aliphatic rings. The van der Waals surface area contributed by atoms with Gasteiger partial charge in [-0.3, -0.25) is 9.78 Å². The van der Waals surface area contributed by atoms with E-state index < -0.39 is 0 Å². The number of hydrogen-bond donors (Lipinski definition) is 0. The zero-order chi connectivity index (χ0) is 13.4. The van der Waals surface area contributed by atoms with Crippen molar-refractivity contribution in [2.45, 2.75) is 13.8 Å². The summed E-state index contributed by atoms with van der Waals surface area (Å²) in [4.78, 5) is 22.0. The summed E-state index contributed by atoms with van der Waals surface area (Å²) in [5.41, 5.74) is 2.33. The van der Waals surface area contributed by atoms with Crippen molar-refractivity contribution in [1.29, 1.82) is 0 Å². The van der Waals surface area contributed by atoms with Crippen molar-refractivity contribution < 1.29 is 4.79 Å². The lowest BCUT2D eigenvalue weighted by Gasteiger charge is -2.04. The summed E-state index contributed by atoms with van der Waals surface area (Å²) in [6.45, 7) is 3.79. The molecule has 0 amide bonds. The maximum absolute atomic E-state index is 12.6. The summed E-state index contributed by atoms with van der Waals surface area (Å²) >= 11 is 1.44. The Morgan fingerprint density at radius 2 is 2.00 bits per heavy atom. The van der Waals surface area contributed by atoms with Crippen molar-refractivity contribution in [3.8, 4) is 0 Å². The van der Waals surface area contributed by atoms with Crippen molar-refractivity contribution in [3.05, 3.63) is 57.7 Å². The molecule has 3 aromatic rings. The van der Waals surface area contributed by atoms with Crippen LogP contribution in [0.2, 0.25) is 0 Å². The van der Waals surface area contributed by atoms with Gasteiger partial charge in [-0.1, -0.05) is 18.2 Å².